The molecular formula is C13H20N2. The minimum atomic E-state index is 0.546. The summed E-state index contributed by atoms with van der Waals surface area (Å²) in [6.45, 7) is 4.58. The number of benzene rings is 1. The summed E-state index contributed by atoms with van der Waals surface area (Å²) in [5.74, 6) is 0. The van der Waals surface area contributed by atoms with Crippen LogP contribution in [0.3, 0.4) is 0 Å². The summed E-state index contributed by atoms with van der Waals surface area (Å²) < 4.78 is 0. The van der Waals surface area contributed by atoms with Crippen LogP contribution in [0.15, 0.2) is 24.3 Å². The summed E-state index contributed by atoms with van der Waals surface area (Å²) in [4.78, 5) is 2.54. The predicted molar refractivity (Wildman–Crippen MR) is 64.7 cm³/mol. The second-order valence-corrected chi connectivity index (χ2v) is 4.27. The second-order valence-electron chi connectivity index (χ2n) is 4.27. The molecule has 0 radical (unpaired) electrons. The topological polar surface area (TPSA) is 29.3 Å². The number of nitrogens with two attached hydrogens (primary N) is 1. The zero-order valence-electron chi connectivity index (χ0n) is 9.45. The van der Waals surface area contributed by atoms with E-state index in [4.69, 9.17) is 5.73 Å². The Balaban J connectivity index is 2.24. The summed E-state index contributed by atoms with van der Waals surface area (Å²) in [6.07, 6.45) is 3.91. The van der Waals surface area contributed by atoms with Gasteiger partial charge in [-0.25, -0.2) is 0 Å². The Labute approximate surface area is 92.1 Å². The molecule has 2 rings (SSSR count). The molecule has 1 aromatic carbocycles. The molecule has 0 aromatic heterocycles. The number of piperidine rings is 1. The summed E-state index contributed by atoms with van der Waals surface area (Å²) >= 11 is 0. The van der Waals surface area contributed by atoms with Gasteiger partial charge in [0.2, 0.25) is 0 Å². The van der Waals surface area contributed by atoms with E-state index in [1.54, 1.807) is 0 Å². The van der Waals surface area contributed by atoms with E-state index in [-0.39, 0.29) is 0 Å². The molecule has 0 spiro atoms. The lowest BCUT2D eigenvalue weighted by molar-refractivity contribution is 0.158. The first-order valence-electron chi connectivity index (χ1n) is 5.91. The largest absolute Gasteiger partial charge is 0.398 e. The fourth-order valence-corrected chi connectivity index (χ4v) is 2.54. The Bertz CT molecular complexity index is 322. The molecule has 2 nitrogen and oxygen atoms in total. The molecular weight excluding hydrogens is 184 g/mol. The molecule has 15 heavy (non-hydrogen) atoms. The van der Waals surface area contributed by atoms with Gasteiger partial charge in [-0.3, -0.25) is 4.90 Å². The fraction of sp³-hybridized carbons (Fsp3) is 0.538. The standard InChI is InChI=1S/C13H20N2/c1-2-15-10-6-5-9-13(15)11-7-3-4-8-12(11)14/h3-4,7-8,13H,2,5-6,9-10,14H2,1H3. The fourth-order valence-electron chi connectivity index (χ4n) is 2.54. The molecule has 1 atom stereocenters. The molecule has 2 N–H and O–H groups in total. The summed E-state index contributed by atoms with van der Waals surface area (Å²) in [7, 11) is 0. The number of anilines is 1. The van der Waals surface area contributed by atoms with Crippen LogP contribution in [-0.4, -0.2) is 18.0 Å². The zero-order valence-corrected chi connectivity index (χ0v) is 9.45. The Morgan fingerprint density at radius 3 is 2.87 bits per heavy atom. The van der Waals surface area contributed by atoms with Crippen molar-refractivity contribution in [3.63, 3.8) is 0 Å². The molecule has 1 saturated heterocycles. The number of hydrogen-bond acceptors (Lipinski definition) is 2. The third kappa shape index (κ3) is 2.15. The minimum absolute atomic E-state index is 0.546. The van der Waals surface area contributed by atoms with Gasteiger partial charge in [0.25, 0.3) is 0 Å². The molecule has 0 saturated carbocycles. The summed E-state index contributed by atoms with van der Waals surface area (Å²) in [5, 5.41) is 0. The van der Waals surface area contributed by atoms with Crippen molar-refractivity contribution < 1.29 is 0 Å². The SMILES string of the molecule is CCN1CCCCC1c1ccccc1N. The van der Waals surface area contributed by atoms with Crippen molar-refractivity contribution in [1.82, 2.24) is 4.90 Å². The highest BCUT2D eigenvalue weighted by Gasteiger charge is 2.23. The molecule has 1 heterocycles. The maximum atomic E-state index is 6.04. The number of rotatable bonds is 2. The minimum Gasteiger partial charge on any atom is -0.398 e. The van der Waals surface area contributed by atoms with Crippen molar-refractivity contribution in [2.75, 3.05) is 18.8 Å². The maximum absolute atomic E-state index is 6.04. The van der Waals surface area contributed by atoms with Gasteiger partial charge in [-0.05, 0) is 37.6 Å². The molecule has 1 fully saturated rings. The van der Waals surface area contributed by atoms with Crippen LogP contribution in [-0.2, 0) is 0 Å². The highest BCUT2D eigenvalue weighted by atomic mass is 15.2. The van der Waals surface area contributed by atoms with E-state index in [0.717, 1.165) is 12.2 Å². The molecule has 1 aliphatic rings. The Morgan fingerprint density at radius 1 is 1.33 bits per heavy atom. The third-order valence-electron chi connectivity index (χ3n) is 3.37. The van der Waals surface area contributed by atoms with Gasteiger partial charge in [-0.15, -0.1) is 0 Å². The van der Waals surface area contributed by atoms with E-state index in [1.165, 1.54) is 31.4 Å². The van der Waals surface area contributed by atoms with Crippen LogP contribution in [0.1, 0.15) is 37.8 Å². The van der Waals surface area contributed by atoms with Crippen molar-refractivity contribution in [3.8, 4) is 0 Å². The third-order valence-corrected chi connectivity index (χ3v) is 3.37. The van der Waals surface area contributed by atoms with Crippen molar-refractivity contribution >= 4 is 5.69 Å². The average molecular weight is 204 g/mol. The monoisotopic (exact) mass is 204 g/mol. The molecule has 1 unspecified atom stereocenters. The van der Waals surface area contributed by atoms with Crippen molar-refractivity contribution in [2.45, 2.75) is 32.2 Å². The first kappa shape index (κ1) is 10.5. The average Bonchev–Trinajstić information content (AvgIpc) is 2.30. The molecule has 0 aliphatic carbocycles. The highest BCUT2D eigenvalue weighted by Crippen LogP contribution is 2.33. The summed E-state index contributed by atoms with van der Waals surface area (Å²) in [5.41, 5.74) is 8.31. The number of hydrogen-bond donors (Lipinski definition) is 1. The van der Waals surface area contributed by atoms with Crippen LogP contribution < -0.4 is 5.73 Å². The van der Waals surface area contributed by atoms with Crippen molar-refractivity contribution in [1.29, 1.82) is 0 Å². The van der Waals surface area contributed by atoms with E-state index in [0.29, 0.717) is 6.04 Å². The lowest BCUT2D eigenvalue weighted by Crippen LogP contribution is -2.33. The first-order chi connectivity index (χ1) is 7.33. The van der Waals surface area contributed by atoms with Crippen LogP contribution in [0.25, 0.3) is 0 Å². The first-order valence-corrected chi connectivity index (χ1v) is 5.91. The maximum Gasteiger partial charge on any atom is 0.0368 e. The van der Waals surface area contributed by atoms with Crippen LogP contribution in [0.4, 0.5) is 5.69 Å². The molecule has 2 heteroatoms. The smallest absolute Gasteiger partial charge is 0.0368 e. The quantitative estimate of drug-likeness (QED) is 0.751. The second kappa shape index (κ2) is 4.67. The van der Waals surface area contributed by atoms with Gasteiger partial charge in [-0.2, -0.15) is 0 Å². The predicted octanol–water partition coefficient (Wildman–Crippen LogP) is 2.82. The number of nitrogens with zero attached hydrogens (tertiary/aromatic N) is 1. The van der Waals surface area contributed by atoms with Crippen LogP contribution in [0.5, 0.6) is 0 Å². The van der Waals surface area contributed by atoms with Gasteiger partial charge in [-0.1, -0.05) is 31.5 Å². The molecule has 1 aromatic rings. The van der Waals surface area contributed by atoms with Gasteiger partial charge < -0.3 is 5.73 Å². The van der Waals surface area contributed by atoms with Gasteiger partial charge in [0.15, 0.2) is 0 Å². The molecule has 0 bridgehead atoms. The van der Waals surface area contributed by atoms with Gasteiger partial charge in [0.1, 0.15) is 0 Å². The van der Waals surface area contributed by atoms with E-state index >= 15 is 0 Å². The zero-order chi connectivity index (χ0) is 10.7. The van der Waals surface area contributed by atoms with E-state index < -0.39 is 0 Å². The Morgan fingerprint density at radius 2 is 2.13 bits per heavy atom. The van der Waals surface area contributed by atoms with Crippen LogP contribution >= 0.6 is 0 Å². The molecule has 0 amide bonds. The van der Waals surface area contributed by atoms with E-state index in [2.05, 4.69) is 24.0 Å². The molecule has 1 aliphatic heterocycles. The number of para-hydroxylation sites is 1. The van der Waals surface area contributed by atoms with Crippen molar-refractivity contribution in [2.24, 2.45) is 0 Å². The Hall–Kier alpha value is -1.02. The summed E-state index contributed by atoms with van der Waals surface area (Å²) in [6, 6.07) is 8.84. The van der Waals surface area contributed by atoms with E-state index in [9.17, 15) is 0 Å². The number of nitrogen functional groups attached to an aromatic ring is 1. The number of likely N-dealkylation sites (tertiary alicyclic amines) is 1. The van der Waals surface area contributed by atoms with Crippen LogP contribution in [0.2, 0.25) is 0 Å². The van der Waals surface area contributed by atoms with Gasteiger partial charge in [0.05, 0.1) is 0 Å². The Kier molecular flexibility index (Phi) is 3.27. The van der Waals surface area contributed by atoms with Gasteiger partial charge in [0, 0.05) is 11.7 Å². The normalized spacial score (nSPS) is 22.9. The molecule has 82 valence electrons. The van der Waals surface area contributed by atoms with Gasteiger partial charge >= 0.3 is 0 Å². The van der Waals surface area contributed by atoms with Crippen LogP contribution in [0, 0.1) is 0 Å². The highest BCUT2D eigenvalue weighted by molar-refractivity contribution is 5.48. The lowest BCUT2D eigenvalue weighted by atomic mass is 9.94. The lowest BCUT2D eigenvalue weighted by Gasteiger charge is -2.35. The van der Waals surface area contributed by atoms with Crippen molar-refractivity contribution in [3.05, 3.63) is 29.8 Å². The van der Waals surface area contributed by atoms with E-state index in [1.807, 2.05) is 12.1 Å².